The fourth-order valence-corrected chi connectivity index (χ4v) is 3.13. The summed E-state index contributed by atoms with van der Waals surface area (Å²) >= 11 is 0. The van der Waals surface area contributed by atoms with Crippen LogP contribution in [-0.4, -0.2) is 22.7 Å². The van der Waals surface area contributed by atoms with E-state index in [1.807, 2.05) is 50.2 Å². The second-order valence-electron chi connectivity index (χ2n) is 6.64. The van der Waals surface area contributed by atoms with Crippen molar-refractivity contribution in [3.05, 3.63) is 70.4 Å². The molecule has 0 atom stereocenters. The van der Waals surface area contributed by atoms with Gasteiger partial charge in [-0.25, -0.2) is 0 Å². The summed E-state index contributed by atoms with van der Waals surface area (Å²) in [4.78, 5) is 12.4. The maximum absolute atomic E-state index is 12.4. The van der Waals surface area contributed by atoms with Crippen molar-refractivity contribution in [3.63, 3.8) is 0 Å². The second-order valence-corrected chi connectivity index (χ2v) is 6.64. The molecule has 0 bridgehead atoms. The van der Waals surface area contributed by atoms with Gasteiger partial charge in [0.15, 0.2) is 0 Å². The van der Waals surface area contributed by atoms with Crippen molar-refractivity contribution in [1.29, 1.82) is 5.26 Å². The first-order chi connectivity index (χ1) is 13.9. The van der Waals surface area contributed by atoms with Crippen LogP contribution < -0.4 is 10.1 Å². The Labute approximate surface area is 169 Å². The minimum absolute atomic E-state index is 0.0280. The predicted molar refractivity (Wildman–Crippen MR) is 108 cm³/mol. The van der Waals surface area contributed by atoms with Crippen LogP contribution in [-0.2, 0) is 11.3 Å². The number of benzene rings is 1. The summed E-state index contributed by atoms with van der Waals surface area (Å²) in [6.45, 7) is 5.90. The molecule has 0 aliphatic heterocycles. The highest BCUT2D eigenvalue weighted by Crippen LogP contribution is 2.24. The SMILES string of the molecule is COc1ccc(-n2c(C)cc(/C=C(/C#N)C(=O)NCc3cc(C)on3)c2C)cc1. The van der Waals surface area contributed by atoms with Crippen LogP contribution >= 0.6 is 0 Å². The van der Waals surface area contributed by atoms with E-state index in [1.54, 1.807) is 26.2 Å². The molecule has 0 saturated heterocycles. The highest BCUT2D eigenvalue weighted by molar-refractivity contribution is 6.01. The van der Waals surface area contributed by atoms with Crippen molar-refractivity contribution >= 4 is 12.0 Å². The van der Waals surface area contributed by atoms with Gasteiger partial charge in [-0.3, -0.25) is 4.79 Å². The molecule has 29 heavy (non-hydrogen) atoms. The summed E-state index contributed by atoms with van der Waals surface area (Å²) in [7, 11) is 1.63. The van der Waals surface area contributed by atoms with Gasteiger partial charge in [0.1, 0.15) is 28.8 Å². The third-order valence-corrected chi connectivity index (χ3v) is 4.57. The molecule has 0 aliphatic carbocycles. The van der Waals surface area contributed by atoms with Crippen LogP contribution in [0, 0.1) is 32.1 Å². The van der Waals surface area contributed by atoms with Gasteiger partial charge in [-0.05, 0) is 62.7 Å². The van der Waals surface area contributed by atoms with Gasteiger partial charge in [-0.15, -0.1) is 0 Å². The van der Waals surface area contributed by atoms with Crippen LogP contribution in [0.2, 0.25) is 0 Å². The zero-order valence-corrected chi connectivity index (χ0v) is 16.8. The molecule has 0 spiro atoms. The monoisotopic (exact) mass is 390 g/mol. The van der Waals surface area contributed by atoms with Crippen LogP contribution in [0.5, 0.6) is 5.75 Å². The number of rotatable bonds is 6. The Balaban J connectivity index is 1.83. The summed E-state index contributed by atoms with van der Waals surface area (Å²) < 4.78 is 12.3. The summed E-state index contributed by atoms with van der Waals surface area (Å²) in [5.74, 6) is 0.987. The molecule has 0 radical (unpaired) electrons. The maximum atomic E-state index is 12.4. The first-order valence-electron chi connectivity index (χ1n) is 9.08. The van der Waals surface area contributed by atoms with Gasteiger partial charge in [-0.2, -0.15) is 5.26 Å². The first kappa shape index (κ1) is 20.0. The van der Waals surface area contributed by atoms with Crippen molar-refractivity contribution in [2.24, 2.45) is 0 Å². The van der Waals surface area contributed by atoms with Crippen molar-refractivity contribution in [3.8, 4) is 17.5 Å². The Kier molecular flexibility index (Phi) is 5.84. The number of nitrogens with one attached hydrogen (secondary N) is 1. The van der Waals surface area contributed by atoms with E-state index in [2.05, 4.69) is 15.0 Å². The maximum Gasteiger partial charge on any atom is 0.262 e. The summed E-state index contributed by atoms with van der Waals surface area (Å²) in [5, 5.41) is 16.0. The number of carbonyl (C=O) groups excluding carboxylic acids is 1. The standard InChI is InChI=1S/C22H22N4O3/c1-14-9-17(16(3)26(14)20-5-7-21(28-4)8-6-20)11-18(12-23)22(27)24-13-19-10-15(2)29-25-19/h5-11H,13H2,1-4H3,(H,24,27)/b18-11-. The largest absolute Gasteiger partial charge is 0.497 e. The number of nitriles is 1. The van der Waals surface area contributed by atoms with Crippen LogP contribution in [0.4, 0.5) is 0 Å². The molecule has 1 N–H and O–H groups in total. The van der Waals surface area contributed by atoms with Gasteiger partial charge in [0, 0.05) is 23.1 Å². The molecule has 0 aliphatic rings. The second kappa shape index (κ2) is 8.48. The molecule has 7 nitrogen and oxygen atoms in total. The van der Waals surface area contributed by atoms with E-state index in [0.29, 0.717) is 11.5 Å². The third kappa shape index (κ3) is 4.38. The van der Waals surface area contributed by atoms with E-state index < -0.39 is 5.91 Å². The van der Waals surface area contributed by atoms with Gasteiger partial charge in [-0.1, -0.05) is 5.16 Å². The number of carbonyl (C=O) groups is 1. The Hall–Kier alpha value is -3.79. The lowest BCUT2D eigenvalue weighted by molar-refractivity contribution is -0.117. The smallest absolute Gasteiger partial charge is 0.262 e. The van der Waals surface area contributed by atoms with Crippen molar-refractivity contribution < 1.29 is 14.1 Å². The number of amides is 1. The highest BCUT2D eigenvalue weighted by atomic mass is 16.5. The molecule has 3 aromatic rings. The highest BCUT2D eigenvalue weighted by Gasteiger charge is 2.14. The topological polar surface area (TPSA) is 93.1 Å². The summed E-state index contributed by atoms with van der Waals surface area (Å²) in [6.07, 6.45) is 1.60. The molecule has 0 unspecified atom stereocenters. The Morgan fingerprint density at radius 2 is 2.00 bits per heavy atom. The molecule has 1 amide bonds. The lowest BCUT2D eigenvalue weighted by Crippen LogP contribution is -2.24. The van der Waals surface area contributed by atoms with Crippen molar-refractivity contribution in [2.45, 2.75) is 27.3 Å². The summed E-state index contributed by atoms with van der Waals surface area (Å²) in [6, 6.07) is 13.4. The van der Waals surface area contributed by atoms with E-state index in [-0.39, 0.29) is 12.1 Å². The molecule has 2 heterocycles. The van der Waals surface area contributed by atoms with E-state index in [0.717, 1.165) is 28.4 Å². The zero-order chi connectivity index (χ0) is 21.0. The van der Waals surface area contributed by atoms with E-state index >= 15 is 0 Å². The first-order valence-corrected chi connectivity index (χ1v) is 9.08. The molecule has 148 valence electrons. The Morgan fingerprint density at radius 3 is 2.59 bits per heavy atom. The fourth-order valence-electron chi connectivity index (χ4n) is 3.13. The van der Waals surface area contributed by atoms with E-state index in [1.165, 1.54) is 0 Å². The Bertz CT molecular complexity index is 1100. The van der Waals surface area contributed by atoms with Gasteiger partial charge in [0.05, 0.1) is 13.7 Å². The molecule has 3 rings (SSSR count). The molecular formula is C22H22N4O3. The number of aryl methyl sites for hydroxylation is 2. The quantitative estimate of drug-likeness (QED) is 0.512. The minimum Gasteiger partial charge on any atom is -0.497 e. The fraction of sp³-hybridized carbons (Fsp3) is 0.227. The lowest BCUT2D eigenvalue weighted by atomic mass is 10.1. The average molecular weight is 390 g/mol. The van der Waals surface area contributed by atoms with Crippen molar-refractivity contribution in [1.82, 2.24) is 15.0 Å². The Morgan fingerprint density at radius 1 is 1.28 bits per heavy atom. The predicted octanol–water partition coefficient (Wildman–Crippen LogP) is 3.62. The van der Waals surface area contributed by atoms with Gasteiger partial charge < -0.3 is 19.1 Å². The molecular weight excluding hydrogens is 368 g/mol. The lowest BCUT2D eigenvalue weighted by Gasteiger charge is -2.10. The molecule has 0 fully saturated rings. The minimum atomic E-state index is -0.456. The number of hydrogen-bond donors (Lipinski definition) is 1. The zero-order valence-electron chi connectivity index (χ0n) is 16.8. The number of aromatic nitrogens is 2. The third-order valence-electron chi connectivity index (χ3n) is 4.57. The number of ether oxygens (including phenoxy) is 1. The molecule has 1 aromatic carbocycles. The number of nitrogens with zero attached hydrogens (tertiary/aromatic N) is 3. The van der Waals surface area contributed by atoms with Crippen LogP contribution in [0.15, 0.2) is 46.5 Å². The van der Waals surface area contributed by atoms with Crippen molar-refractivity contribution in [2.75, 3.05) is 7.11 Å². The van der Waals surface area contributed by atoms with Crippen LogP contribution in [0.1, 0.15) is 28.4 Å². The molecule has 0 saturated carbocycles. The van der Waals surface area contributed by atoms with Gasteiger partial charge in [0.2, 0.25) is 0 Å². The average Bonchev–Trinajstić information content (AvgIpc) is 3.26. The number of hydrogen-bond acceptors (Lipinski definition) is 5. The summed E-state index contributed by atoms with van der Waals surface area (Å²) in [5.41, 5.74) is 4.34. The number of methoxy groups -OCH3 is 1. The van der Waals surface area contributed by atoms with E-state index in [9.17, 15) is 10.1 Å². The van der Waals surface area contributed by atoms with E-state index in [4.69, 9.17) is 9.26 Å². The van der Waals surface area contributed by atoms with Gasteiger partial charge >= 0.3 is 0 Å². The normalized spacial score (nSPS) is 11.2. The van der Waals surface area contributed by atoms with Crippen LogP contribution in [0.3, 0.4) is 0 Å². The molecule has 2 aromatic heterocycles. The van der Waals surface area contributed by atoms with Gasteiger partial charge in [0.25, 0.3) is 5.91 Å². The molecule has 7 heteroatoms. The van der Waals surface area contributed by atoms with Crippen LogP contribution in [0.25, 0.3) is 11.8 Å².